The van der Waals surface area contributed by atoms with Crippen LogP contribution in [0.2, 0.25) is 0 Å². The molecule has 0 bridgehead atoms. The minimum atomic E-state index is 0.360. The van der Waals surface area contributed by atoms with Crippen LogP contribution in [-0.4, -0.2) is 45.1 Å². The maximum absolute atomic E-state index is 5.67. The summed E-state index contributed by atoms with van der Waals surface area (Å²) in [5.41, 5.74) is 1.13. The van der Waals surface area contributed by atoms with Gasteiger partial charge in [0.2, 0.25) is 5.75 Å². The van der Waals surface area contributed by atoms with Crippen molar-refractivity contribution >= 4 is 5.69 Å². The second-order valence-corrected chi connectivity index (χ2v) is 5.51. The van der Waals surface area contributed by atoms with Gasteiger partial charge in [-0.2, -0.15) is 0 Å². The van der Waals surface area contributed by atoms with Crippen LogP contribution in [0.1, 0.15) is 13.3 Å². The van der Waals surface area contributed by atoms with E-state index >= 15 is 0 Å². The fraction of sp³-hybridized carbons (Fsp3) is 0.600. The van der Waals surface area contributed by atoms with Crippen molar-refractivity contribution in [3.63, 3.8) is 0 Å². The van der Waals surface area contributed by atoms with Gasteiger partial charge in [0.1, 0.15) is 0 Å². The van der Waals surface area contributed by atoms with Crippen LogP contribution in [0.15, 0.2) is 12.1 Å². The molecule has 3 aliphatic heterocycles. The molecule has 108 valence electrons. The van der Waals surface area contributed by atoms with Crippen molar-refractivity contribution in [3.8, 4) is 17.2 Å². The molecule has 0 aromatic heterocycles. The van der Waals surface area contributed by atoms with E-state index in [2.05, 4.69) is 17.9 Å². The highest BCUT2D eigenvalue weighted by Crippen LogP contribution is 2.58. The van der Waals surface area contributed by atoms with Crippen molar-refractivity contribution in [1.29, 1.82) is 0 Å². The monoisotopic (exact) mass is 277 g/mol. The van der Waals surface area contributed by atoms with E-state index in [1.807, 2.05) is 6.07 Å². The van der Waals surface area contributed by atoms with E-state index in [1.165, 1.54) is 0 Å². The van der Waals surface area contributed by atoms with Crippen LogP contribution >= 0.6 is 0 Å². The standard InChI is InChI=1S/C15H19NO4/c1-2-5-17-13-4-3-12(14-15(13)20-14)16(6-10-8-18-10)7-11-9-19-11/h3-4,10-11H,2,5-9H2,1H3. The second-order valence-electron chi connectivity index (χ2n) is 5.51. The summed E-state index contributed by atoms with van der Waals surface area (Å²) >= 11 is 0. The first kappa shape index (κ1) is 12.3. The number of nitrogens with zero attached hydrogens (tertiary/aromatic N) is 1. The van der Waals surface area contributed by atoms with Crippen molar-refractivity contribution < 1.29 is 18.9 Å². The van der Waals surface area contributed by atoms with Crippen molar-refractivity contribution in [1.82, 2.24) is 0 Å². The summed E-state index contributed by atoms with van der Waals surface area (Å²) < 4.78 is 22.0. The Morgan fingerprint density at radius 1 is 1.15 bits per heavy atom. The van der Waals surface area contributed by atoms with Crippen LogP contribution in [0, 0.1) is 0 Å². The van der Waals surface area contributed by atoms with Crippen LogP contribution in [0.25, 0.3) is 0 Å². The van der Waals surface area contributed by atoms with Gasteiger partial charge in [-0.1, -0.05) is 6.92 Å². The zero-order valence-corrected chi connectivity index (χ0v) is 11.6. The first-order valence-corrected chi connectivity index (χ1v) is 7.31. The molecule has 4 rings (SSSR count). The van der Waals surface area contributed by atoms with Gasteiger partial charge in [0.25, 0.3) is 0 Å². The molecule has 2 saturated heterocycles. The number of hydrogen-bond acceptors (Lipinski definition) is 5. The maximum Gasteiger partial charge on any atom is 0.214 e. The van der Waals surface area contributed by atoms with Gasteiger partial charge in [0, 0.05) is 13.1 Å². The summed E-state index contributed by atoms with van der Waals surface area (Å²) in [6, 6.07) is 4.09. The molecule has 5 nitrogen and oxygen atoms in total. The highest BCUT2D eigenvalue weighted by atomic mass is 16.6. The van der Waals surface area contributed by atoms with E-state index in [1.54, 1.807) is 0 Å². The lowest BCUT2D eigenvalue weighted by Gasteiger charge is -2.22. The number of anilines is 1. The number of benzene rings is 1. The molecule has 0 saturated carbocycles. The second kappa shape index (κ2) is 4.82. The van der Waals surface area contributed by atoms with Crippen LogP contribution in [0.5, 0.6) is 17.2 Å². The molecule has 20 heavy (non-hydrogen) atoms. The Bertz CT molecular complexity index is 497. The minimum absolute atomic E-state index is 0.360. The van der Waals surface area contributed by atoms with Crippen LogP contribution < -0.4 is 14.4 Å². The van der Waals surface area contributed by atoms with Crippen molar-refractivity contribution in [2.24, 2.45) is 0 Å². The highest BCUT2D eigenvalue weighted by Gasteiger charge is 2.37. The lowest BCUT2D eigenvalue weighted by molar-refractivity contribution is 0.314. The van der Waals surface area contributed by atoms with Crippen LogP contribution in [0.4, 0.5) is 5.69 Å². The Hall–Kier alpha value is -1.46. The van der Waals surface area contributed by atoms with E-state index in [0.717, 1.165) is 62.3 Å². The van der Waals surface area contributed by atoms with Gasteiger partial charge in [-0.3, -0.25) is 0 Å². The molecule has 1 aromatic carbocycles. The van der Waals surface area contributed by atoms with E-state index in [9.17, 15) is 0 Å². The molecule has 3 aliphatic rings. The summed E-state index contributed by atoms with van der Waals surface area (Å²) in [5, 5.41) is 0. The molecule has 2 atom stereocenters. The quantitative estimate of drug-likeness (QED) is 0.692. The Labute approximate surface area is 118 Å². The third kappa shape index (κ3) is 2.55. The molecule has 1 aromatic rings. The van der Waals surface area contributed by atoms with E-state index < -0.39 is 0 Å². The molecule has 2 fully saturated rings. The molecular weight excluding hydrogens is 258 g/mol. The Balaban J connectivity index is 1.50. The molecule has 0 radical (unpaired) electrons. The predicted octanol–water partition coefficient (Wildman–Crippen LogP) is 2.19. The first-order chi connectivity index (χ1) is 9.85. The smallest absolute Gasteiger partial charge is 0.214 e. The average molecular weight is 277 g/mol. The zero-order valence-electron chi connectivity index (χ0n) is 11.6. The van der Waals surface area contributed by atoms with Gasteiger partial charge in [0.15, 0.2) is 11.5 Å². The number of rotatable bonds is 8. The SMILES string of the molecule is CCCOc1ccc(N(CC2CO2)CC2CO2)c2c1O2. The summed E-state index contributed by atoms with van der Waals surface area (Å²) in [6.45, 7) is 6.37. The average Bonchev–Trinajstić information content (AvgIpc) is 3.29. The van der Waals surface area contributed by atoms with Crippen molar-refractivity contribution in [2.45, 2.75) is 25.6 Å². The number of ether oxygens (including phenoxy) is 4. The van der Waals surface area contributed by atoms with Gasteiger partial charge in [-0.25, -0.2) is 0 Å². The Morgan fingerprint density at radius 3 is 2.45 bits per heavy atom. The van der Waals surface area contributed by atoms with Crippen molar-refractivity contribution in [2.75, 3.05) is 37.8 Å². The number of fused-ring (bicyclic) bond motifs is 1. The summed E-state index contributed by atoms with van der Waals surface area (Å²) in [7, 11) is 0. The summed E-state index contributed by atoms with van der Waals surface area (Å²) in [6.07, 6.45) is 1.72. The third-order valence-electron chi connectivity index (χ3n) is 3.67. The fourth-order valence-electron chi connectivity index (χ4n) is 2.40. The van der Waals surface area contributed by atoms with Crippen LogP contribution in [0.3, 0.4) is 0 Å². The zero-order chi connectivity index (χ0) is 13.5. The lowest BCUT2D eigenvalue weighted by Crippen LogP contribution is -2.31. The van der Waals surface area contributed by atoms with Gasteiger partial charge < -0.3 is 23.8 Å². The van der Waals surface area contributed by atoms with Gasteiger partial charge in [-0.15, -0.1) is 0 Å². The van der Waals surface area contributed by atoms with E-state index in [-0.39, 0.29) is 0 Å². The topological polar surface area (TPSA) is 50.1 Å². The molecule has 0 N–H and O–H groups in total. The molecular formula is C15H19NO4. The van der Waals surface area contributed by atoms with Crippen molar-refractivity contribution in [3.05, 3.63) is 12.1 Å². The predicted molar refractivity (Wildman–Crippen MR) is 74.0 cm³/mol. The molecule has 3 heterocycles. The normalized spacial score (nSPS) is 24.6. The number of hydrogen-bond donors (Lipinski definition) is 0. The summed E-state index contributed by atoms with van der Waals surface area (Å²) in [4.78, 5) is 2.31. The molecule has 5 heteroatoms. The maximum atomic E-state index is 5.67. The van der Waals surface area contributed by atoms with Gasteiger partial charge in [-0.05, 0) is 18.6 Å². The van der Waals surface area contributed by atoms with Gasteiger partial charge >= 0.3 is 0 Å². The van der Waals surface area contributed by atoms with E-state index in [4.69, 9.17) is 18.9 Å². The largest absolute Gasteiger partial charge is 0.490 e. The third-order valence-corrected chi connectivity index (χ3v) is 3.67. The lowest BCUT2D eigenvalue weighted by atomic mass is 10.2. The Kier molecular flexibility index (Phi) is 2.97. The summed E-state index contributed by atoms with van der Waals surface area (Å²) in [5.74, 6) is 2.71. The molecule has 0 amide bonds. The highest BCUT2D eigenvalue weighted by molar-refractivity contribution is 5.78. The fourth-order valence-corrected chi connectivity index (χ4v) is 2.40. The minimum Gasteiger partial charge on any atom is -0.490 e. The molecule has 0 spiro atoms. The molecule has 2 unspecified atom stereocenters. The molecule has 0 aliphatic carbocycles. The van der Waals surface area contributed by atoms with Gasteiger partial charge in [0.05, 0.1) is 37.7 Å². The Morgan fingerprint density at radius 2 is 1.85 bits per heavy atom. The van der Waals surface area contributed by atoms with E-state index in [0.29, 0.717) is 12.2 Å². The number of epoxide rings is 2. The first-order valence-electron chi connectivity index (χ1n) is 7.31. The van der Waals surface area contributed by atoms with Crippen LogP contribution in [-0.2, 0) is 9.47 Å².